The molecule has 3 rings (SSSR count). The second-order valence-electron chi connectivity index (χ2n) is 5.21. The molecule has 0 unspecified atom stereocenters. The van der Waals surface area contributed by atoms with Crippen molar-refractivity contribution >= 4 is 5.69 Å². The van der Waals surface area contributed by atoms with Gasteiger partial charge in [-0.15, -0.1) is 0 Å². The lowest BCUT2D eigenvalue weighted by Gasteiger charge is -2.29. The number of nitrogens with zero attached hydrogens (tertiary/aromatic N) is 1. The summed E-state index contributed by atoms with van der Waals surface area (Å²) in [6.45, 7) is 4.24. The fraction of sp³-hybridized carbons (Fsp3) is 0.294. The Balaban J connectivity index is 1.67. The Kier molecular flexibility index (Phi) is 3.97. The van der Waals surface area contributed by atoms with Crippen LogP contribution < -0.4 is 10.2 Å². The van der Waals surface area contributed by atoms with E-state index in [1.165, 1.54) is 23.4 Å². The highest BCUT2D eigenvalue weighted by Crippen LogP contribution is 2.18. The van der Waals surface area contributed by atoms with Gasteiger partial charge in [-0.1, -0.05) is 24.3 Å². The minimum Gasteiger partial charge on any atom is -0.369 e. The van der Waals surface area contributed by atoms with Gasteiger partial charge >= 0.3 is 0 Å². The molecule has 0 bridgehead atoms. The molecule has 1 aliphatic heterocycles. The van der Waals surface area contributed by atoms with Crippen LogP contribution in [0, 0.1) is 5.82 Å². The van der Waals surface area contributed by atoms with E-state index in [1.54, 1.807) is 0 Å². The maximum atomic E-state index is 12.9. The van der Waals surface area contributed by atoms with E-state index in [-0.39, 0.29) is 5.82 Å². The van der Waals surface area contributed by atoms with Crippen molar-refractivity contribution in [3.8, 4) is 0 Å². The quantitative estimate of drug-likeness (QED) is 0.922. The summed E-state index contributed by atoms with van der Waals surface area (Å²) >= 11 is 0. The van der Waals surface area contributed by atoms with E-state index in [1.807, 2.05) is 12.1 Å². The molecule has 1 N–H and O–H groups in total. The fourth-order valence-corrected chi connectivity index (χ4v) is 2.59. The van der Waals surface area contributed by atoms with Gasteiger partial charge in [0.05, 0.1) is 0 Å². The van der Waals surface area contributed by atoms with Gasteiger partial charge in [0.25, 0.3) is 0 Å². The summed E-state index contributed by atoms with van der Waals surface area (Å²) in [6, 6.07) is 15.4. The van der Waals surface area contributed by atoms with E-state index in [9.17, 15) is 4.39 Å². The summed E-state index contributed by atoms with van der Waals surface area (Å²) < 4.78 is 12.9. The number of hydrogen-bond acceptors (Lipinski definition) is 2. The van der Waals surface area contributed by atoms with Crippen molar-refractivity contribution < 1.29 is 4.39 Å². The van der Waals surface area contributed by atoms with Gasteiger partial charge in [-0.3, -0.25) is 0 Å². The number of rotatable bonds is 3. The molecule has 1 aliphatic rings. The molecule has 3 heteroatoms. The van der Waals surface area contributed by atoms with E-state index in [0.717, 1.165) is 38.2 Å². The predicted molar refractivity (Wildman–Crippen MR) is 80.7 cm³/mol. The van der Waals surface area contributed by atoms with Crippen LogP contribution in [0.25, 0.3) is 0 Å². The Morgan fingerprint density at radius 3 is 2.00 bits per heavy atom. The van der Waals surface area contributed by atoms with Crippen molar-refractivity contribution in [2.24, 2.45) is 0 Å². The normalized spacial score (nSPS) is 15.3. The van der Waals surface area contributed by atoms with Crippen LogP contribution in [0.15, 0.2) is 48.5 Å². The molecule has 20 heavy (non-hydrogen) atoms. The predicted octanol–water partition coefficient (Wildman–Crippen LogP) is 2.83. The third-order valence-electron chi connectivity index (χ3n) is 3.74. The molecule has 0 aliphatic carbocycles. The van der Waals surface area contributed by atoms with E-state index < -0.39 is 0 Å². The third kappa shape index (κ3) is 3.17. The lowest BCUT2D eigenvalue weighted by molar-refractivity contribution is 0.589. The average molecular weight is 270 g/mol. The monoisotopic (exact) mass is 270 g/mol. The van der Waals surface area contributed by atoms with Crippen molar-refractivity contribution in [1.29, 1.82) is 0 Å². The lowest BCUT2D eigenvalue weighted by Crippen LogP contribution is -2.43. The van der Waals surface area contributed by atoms with Gasteiger partial charge in [0, 0.05) is 31.9 Å². The molecular weight excluding hydrogens is 251 g/mol. The van der Waals surface area contributed by atoms with Gasteiger partial charge in [-0.2, -0.15) is 0 Å². The zero-order valence-electron chi connectivity index (χ0n) is 11.5. The highest BCUT2D eigenvalue weighted by molar-refractivity contribution is 5.48. The van der Waals surface area contributed by atoms with Gasteiger partial charge in [0.15, 0.2) is 0 Å². The SMILES string of the molecule is Fc1ccc(Cc2ccc(N3CCNCC3)cc2)cc1. The Labute approximate surface area is 119 Å². The minimum absolute atomic E-state index is 0.178. The van der Waals surface area contributed by atoms with Crippen molar-refractivity contribution in [3.63, 3.8) is 0 Å². The molecule has 2 aromatic rings. The molecule has 1 fully saturated rings. The Morgan fingerprint density at radius 2 is 1.40 bits per heavy atom. The number of piperazine rings is 1. The third-order valence-corrected chi connectivity index (χ3v) is 3.74. The van der Waals surface area contributed by atoms with E-state index in [4.69, 9.17) is 0 Å². The molecule has 1 saturated heterocycles. The van der Waals surface area contributed by atoms with Crippen LogP contribution in [0.2, 0.25) is 0 Å². The van der Waals surface area contributed by atoms with E-state index in [0.29, 0.717) is 0 Å². The number of nitrogens with one attached hydrogen (secondary N) is 1. The first kappa shape index (κ1) is 13.1. The van der Waals surface area contributed by atoms with Crippen LogP contribution >= 0.6 is 0 Å². The minimum atomic E-state index is -0.178. The van der Waals surface area contributed by atoms with E-state index >= 15 is 0 Å². The fourth-order valence-electron chi connectivity index (χ4n) is 2.59. The van der Waals surface area contributed by atoms with Gasteiger partial charge in [0.1, 0.15) is 5.82 Å². The number of hydrogen-bond donors (Lipinski definition) is 1. The van der Waals surface area contributed by atoms with Crippen LogP contribution in [0.1, 0.15) is 11.1 Å². The second-order valence-corrected chi connectivity index (χ2v) is 5.21. The number of benzene rings is 2. The van der Waals surface area contributed by atoms with E-state index in [2.05, 4.69) is 34.5 Å². The molecule has 0 aromatic heterocycles. The Morgan fingerprint density at radius 1 is 0.850 bits per heavy atom. The highest BCUT2D eigenvalue weighted by Gasteiger charge is 2.09. The van der Waals surface area contributed by atoms with Crippen LogP contribution in [0.5, 0.6) is 0 Å². The van der Waals surface area contributed by atoms with Crippen LogP contribution in [0.4, 0.5) is 10.1 Å². The molecule has 2 nitrogen and oxygen atoms in total. The topological polar surface area (TPSA) is 15.3 Å². The lowest BCUT2D eigenvalue weighted by atomic mass is 10.0. The summed E-state index contributed by atoms with van der Waals surface area (Å²) in [6.07, 6.45) is 0.849. The molecule has 104 valence electrons. The first-order chi connectivity index (χ1) is 9.81. The molecule has 2 aromatic carbocycles. The molecule has 0 saturated carbocycles. The molecule has 0 radical (unpaired) electrons. The standard InChI is InChI=1S/C17H19FN2/c18-16-5-1-14(2-6-16)13-15-3-7-17(8-4-15)20-11-9-19-10-12-20/h1-8,19H,9-13H2. The first-order valence-corrected chi connectivity index (χ1v) is 7.10. The van der Waals surface area contributed by atoms with Crippen molar-refractivity contribution in [2.45, 2.75) is 6.42 Å². The summed E-state index contributed by atoms with van der Waals surface area (Å²) in [7, 11) is 0. The first-order valence-electron chi connectivity index (χ1n) is 7.10. The molecular formula is C17H19FN2. The molecule has 0 spiro atoms. The number of anilines is 1. The largest absolute Gasteiger partial charge is 0.369 e. The van der Waals surface area contributed by atoms with Crippen molar-refractivity contribution in [3.05, 3.63) is 65.5 Å². The zero-order chi connectivity index (χ0) is 13.8. The highest BCUT2D eigenvalue weighted by atomic mass is 19.1. The zero-order valence-corrected chi connectivity index (χ0v) is 11.5. The molecule has 1 heterocycles. The van der Waals surface area contributed by atoms with Crippen LogP contribution in [-0.2, 0) is 6.42 Å². The van der Waals surface area contributed by atoms with Crippen LogP contribution in [-0.4, -0.2) is 26.2 Å². The van der Waals surface area contributed by atoms with Crippen molar-refractivity contribution in [1.82, 2.24) is 5.32 Å². The summed E-state index contributed by atoms with van der Waals surface area (Å²) in [5.41, 5.74) is 3.69. The molecule has 0 atom stereocenters. The van der Waals surface area contributed by atoms with Gasteiger partial charge in [-0.25, -0.2) is 4.39 Å². The average Bonchev–Trinajstić information content (AvgIpc) is 2.51. The van der Waals surface area contributed by atoms with Crippen LogP contribution in [0.3, 0.4) is 0 Å². The maximum absolute atomic E-state index is 12.9. The second kappa shape index (κ2) is 6.06. The smallest absolute Gasteiger partial charge is 0.123 e. The summed E-state index contributed by atoms with van der Waals surface area (Å²) in [5, 5.41) is 3.36. The maximum Gasteiger partial charge on any atom is 0.123 e. The Hall–Kier alpha value is -1.87. The molecule has 0 amide bonds. The number of halogens is 1. The summed E-state index contributed by atoms with van der Waals surface area (Å²) in [5.74, 6) is -0.178. The van der Waals surface area contributed by atoms with Gasteiger partial charge < -0.3 is 10.2 Å². The van der Waals surface area contributed by atoms with Crippen molar-refractivity contribution in [2.75, 3.05) is 31.1 Å². The van der Waals surface area contributed by atoms with Gasteiger partial charge in [0.2, 0.25) is 0 Å². The summed E-state index contributed by atoms with van der Waals surface area (Å²) in [4.78, 5) is 2.40. The Bertz CT molecular complexity index is 542. The van der Waals surface area contributed by atoms with Gasteiger partial charge in [-0.05, 0) is 41.8 Å².